The number of hydrogen-bond donors (Lipinski definition) is 1. The molecule has 2 aromatic carbocycles. The second-order valence-electron chi connectivity index (χ2n) is 6.53. The molecule has 3 nitrogen and oxygen atoms in total. The highest BCUT2D eigenvalue weighted by atomic mass is 79.9. The molecule has 130 valence electrons. The maximum absolute atomic E-state index is 12.5. The van der Waals surface area contributed by atoms with Gasteiger partial charge < -0.3 is 4.90 Å². The van der Waals surface area contributed by atoms with Crippen LogP contribution in [-0.4, -0.2) is 22.5 Å². The van der Waals surface area contributed by atoms with Gasteiger partial charge in [-0.25, -0.2) is 0 Å². The minimum Gasteiger partial charge on any atom is -0.344 e. The van der Waals surface area contributed by atoms with Gasteiger partial charge in [0.05, 0.1) is 0 Å². The van der Waals surface area contributed by atoms with E-state index in [0.29, 0.717) is 23.1 Å². The SMILES string of the molecule is Cc1ccc(C(=O)NC(=S)N(Cc2ccccc2)CC2CC2)cc1Br. The molecule has 2 aromatic rings. The van der Waals surface area contributed by atoms with Crippen molar-refractivity contribution in [3.8, 4) is 0 Å². The van der Waals surface area contributed by atoms with Crippen LogP contribution in [0.25, 0.3) is 0 Å². The van der Waals surface area contributed by atoms with Crippen LogP contribution in [0.5, 0.6) is 0 Å². The lowest BCUT2D eigenvalue weighted by atomic mass is 10.1. The quantitative estimate of drug-likeness (QED) is 0.717. The highest BCUT2D eigenvalue weighted by Gasteiger charge is 2.26. The van der Waals surface area contributed by atoms with E-state index in [-0.39, 0.29) is 5.91 Å². The zero-order valence-corrected chi connectivity index (χ0v) is 16.6. The van der Waals surface area contributed by atoms with Gasteiger partial charge in [-0.15, -0.1) is 0 Å². The molecular weight excluding hydrogens is 396 g/mol. The van der Waals surface area contributed by atoms with Crippen molar-refractivity contribution in [3.63, 3.8) is 0 Å². The number of aryl methyl sites for hydroxylation is 1. The molecule has 25 heavy (non-hydrogen) atoms. The first kappa shape index (κ1) is 18.1. The molecule has 0 aromatic heterocycles. The monoisotopic (exact) mass is 416 g/mol. The molecule has 0 spiro atoms. The van der Waals surface area contributed by atoms with Crippen LogP contribution >= 0.6 is 28.1 Å². The Balaban J connectivity index is 1.68. The minimum absolute atomic E-state index is 0.167. The Bertz CT molecular complexity index is 775. The molecule has 0 aliphatic heterocycles. The standard InChI is InChI=1S/C20H21BrN2OS/c1-14-7-10-17(11-18(14)21)19(24)22-20(25)23(13-16-8-9-16)12-15-5-3-2-4-6-15/h2-7,10-11,16H,8-9,12-13H2,1H3,(H,22,24,25). The average molecular weight is 417 g/mol. The molecule has 0 atom stereocenters. The number of thiocarbonyl (C=S) groups is 1. The third kappa shape index (κ3) is 5.13. The van der Waals surface area contributed by atoms with Crippen molar-refractivity contribution in [3.05, 3.63) is 69.7 Å². The Labute approximate surface area is 162 Å². The highest BCUT2D eigenvalue weighted by molar-refractivity contribution is 9.10. The van der Waals surface area contributed by atoms with E-state index in [1.165, 1.54) is 18.4 Å². The Kier molecular flexibility index (Phi) is 5.86. The third-order valence-corrected chi connectivity index (χ3v) is 5.55. The van der Waals surface area contributed by atoms with Gasteiger partial charge in [0.15, 0.2) is 5.11 Å². The molecule has 1 aliphatic rings. The van der Waals surface area contributed by atoms with Gasteiger partial charge in [-0.3, -0.25) is 10.1 Å². The summed E-state index contributed by atoms with van der Waals surface area (Å²) >= 11 is 9.01. The molecule has 1 N–H and O–H groups in total. The molecule has 0 unspecified atom stereocenters. The topological polar surface area (TPSA) is 32.3 Å². The van der Waals surface area contributed by atoms with Gasteiger partial charge in [-0.05, 0) is 61.2 Å². The lowest BCUT2D eigenvalue weighted by Crippen LogP contribution is -2.43. The normalized spacial score (nSPS) is 13.4. The number of nitrogens with one attached hydrogen (secondary N) is 1. The summed E-state index contributed by atoms with van der Waals surface area (Å²) in [5, 5.41) is 3.39. The van der Waals surface area contributed by atoms with Gasteiger partial charge in [0.25, 0.3) is 5.91 Å². The average Bonchev–Trinajstić information content (AvgIpc) is 3.41. The van der Waals surface area contributed by atoms with Gasteiger partial charge in [0, 0.05) is 23.1 Å². The van der Waals surface area contributed by atoms with Crippen molar-refractivity contribution in [1.82, 2.24) is 10.2 Å². The Hall–Kier alpha value is -1.72. The number of carbonyl (C=O) groups excluding carboxylic acids is 1. The first-order chi connectivity index (χ1) is 12.0. The summed E-state index contributed by atoms with van der Waals surface area (Å²) in [6.45, 7) is 3.60. The van der Waals surface area contributed by atoms with Crippen molar-refractivity contribution in [2.75, 3.05) is 6.54 Å². The second-order valence-corrected chi connectivity index (χ2v) is 7.77. The molecule has 1 fully saturated rings. The Morgan fingerprint density at radius 1 is 1.24 bits per heavy atom. The molecule has 3 rings (SSSR count). The molecule has 0 saturated heterocycles. The fraction of sp³-hybridized carbons (Fsp3) is 0.300. The highest BCUT2D eigenvalue weighted by Crippen LogP contribution is 2.30. The summed E-state index contributed by atoms with van der Waals surface area (Å²) in [5.74, 6) is 0.520. The summed E-state index contributed by atoms with van der Waals surface area (Å²) in [7, 11) is 0. The number of rotatable bonds is 5. The number of benzene rings is 2. The van der Waals surface area contributed by atoms with E-state index < -0.39 is 0 Å². The van der Waals surface area contributed by atoms with Crippen molar-refractivity contribution in [2.24, 2.45) is 5.92 Å². The molecular formula is C20H21BrN2OS. The molecule has 5 heteroatoms. The summed E-state index contributed by atoms with van der Waals surface area (Å²) in [4.78, 5) is 14.6. The third-order valence-electron chi connectivity index (χ3n) is 4.33. The van der Waals surface area contributed by atoms with Crippen LogP contribution in [0.4, 0.5) is 0 Å². The smallest absolute Gasteiger partial charge is 0.257 e. The second kappa shape index (κ2) is 8.11. The molecule has 1 amide bonds. The van der Waals surface area contributed by atoms with Crippen LogP contribution < -0.4 is 5.32 Å². The van der Waals surface area contributed by atoms with E-state index in [1.54, 1.807) is 0 Å². The zero-order chi connectivity index (χ0) is 17.8. The lowest BCUT2D eigenvalue weighted by Gasteiger charge is -2.25. The van der Waals surface area contributed by atoms with Crippen LogP contribution in [0.3, 0.4) is 0 Å². The summed E-state index contributed by atoms with van der Waals surface area (Å²) in [5.41, 5.74) is 2.89. The Morgan fingerprint density at radius 3 is 2.60 bits per heavy atom. The molecule has 1 saturated carbocycles. The van der Waals surface area contributed by atoms with Crippen molar-refractivity contribution < 1.29 is 4.79 Å². The maximum Gasteiger partial charge on any atom is 0.257 e. The van der Waals surface area contributed by atoms with E-state index in [0.717, 1.165) is 16.6 Å². The lowest BCUT2D eigenvalue weighted by molar-refractivity contribution is 0.0972. The fourth-order valence-corrected chi connectivity index (χ4v) is 3.23. The Morgan fingerprint density at radius 2 is 1.96 bits per heavy atom. The van der Waals surface area contributed by atoms with E-state index in [2.05, 4.69) is 38.3 Å². The minimum atomic E-state index is -0.167. The molecule has 1 aliphatic carbocycles. The van der Waals surface area contributed by atoms with Crippen LogP contribution in [-0.2, 0) is 6.54 Å². The van der Waals surface area contributed by atoms with Gasteiger partial charge in [-0.2, -0.15) is 0 Å². The molecule has 0 heterocycles. The van der Waals surface area contributed by atoms with Gasteiger partial charge in [0.2, 0.25) is 0 Å². The van der Waals surface area contributed by atoms with Crippen molar-refractivity contribution in [1.29, 1.82) is 0 Å². The molecule has 0 bridgehead atoms. The largest absolute Gasteiger partial charge is 0.344 e. The van der Waals surface area contributed by atoms with E-state index in [9.17, 15) is 4.79 Å². The van der Waals surface area contributed by atoms with Gasteiger partial charge >= 0.3 is 0 Å². The van der Waals surface area contributed by atoms with Crippen LogP contribution in [0.1, 0.15) is 34.3 Å². The first-order valence-electron chi connectivity index (χ1n) is 8.43. The maximum atomic E-state index is 12.5. The van der Waals surface area contributed by atoms with E-state index in [1.807, 2.05) is 43.3 Å². The van der Waals surface area contributed by atoms with Gasteiger partial charge in [-0.1, -0.05) is 52.3 Å². The summed E-state index contributed by atoms with van der Waals surface area (Å²) < 4.78 is 0.921. The van der Waals surface area contributed by atoms with Crippen LogP contribution in [0.2, 0.25) is 0 Å². The number of hydrogen-bond acceptors (Lipinski definition) is 2. The zero-order valence-electron chi connectivity index (χ0n) is 14.2. The van der Waals surface area contributed by atoms with E-state index in [4.69, 9.17) is 12.2 Å². The van der Waals surface area contributed by atoms with Crippen molar-refractivity contribution in [2.45, 2.75) is 26.3 Å². The predicted molar refractivity (Wildman–Crippen MR) is 109 cm³/mol. The number of halogens is 1. The predicted octanol–water partition coefficient (Wildman–Crippen LogP) is 4.68. The fourth-order valence-electron chi connectivity index (χ4n) is 2.62. The summed E-state index contributed by atoms with van der Waals surface area (Å²) in [6, 6.07) is 15.8. The number of carbonyl (C=O) groups is 1. The number of amides is 1. The van der Waals surface area contributed by atoms with Gasteiger partial charge in [0.1, 0.15) is 0 Å². The van der Waals surface area contributed by atoms with Crippen molar-refractivity contribution >= 4 is 39.2 Å². The first-order valence-corrected chi connectivity index (χ1v) is 9.63. The molecule has 0 radical (unpaired) electrons. The van der Waals surface area contributed by atoms with E-state index >= 15 is 0 Å². The summed E-state index contributed by atoms with van der Waals surface area (Å²) in [6.07, 6.45) is 2.49. The van der Waals surface area contributed by atoms with Crippen LogP contribution in [0, 0.1) is 12.8 Å². The van der Waals surface area contributed by atoms with Crippen LogP contribution in [0.15, 0.2) is 53.0 Å². The number of nitrogens with zero attached hydrogens (tertiary/aromatic N) is 1.